The van der Waals surface area contributed by atoms with Crippen LogP contribution in [-0.2, 0) is 0 Å². The van der Waals surface area contributed by atoms with E-state index in [9.17, 15) is 9.18 Å². The van der Waals surface area contributed by atoms with Crippen molar-refractivity contribution in [1.82, 2.24) is 9.78 Å². The Bertz CT molecular complexity index is 852. The quantitative estimate of drug-likeness (QED) is 0.707. The smallest absolute Gasteiger partial charge is 0.288 e. The van der Waals surface area contributed by atoms with Crippen LogP contribution >= 0.6 is 0 Å². The average molecular weight is 282 g/mol. The van der Waals surface area contributed by atoms with Crippen molar-refractivity contribution >= 4 is 5.69 Å². The normalized spacial score (nSPS) is 10.5. The molecule has 5 nitrogen and oxygen atoms in total. The monoisotopic (exact) mass is 282 g/mol. The van der Waals surface area contributed by atoms with Crippen molar-refractivity contribution in [2.75, 3.05) is 0 Å². The van der Waals surface area contributed by atoms with Gasteiger partial charge in [-0.3, -0.25) is 9.89 Å². The maximum atomic E-state index is 13.9. The predicted molar refractivity (Wildman–Crippen MR) is 76.6 cm³/mol. The van der Waals surface area contributed by atoms with Gasteiger partial charge in [0.1, 0.15) is 5.82 Å². The molecule has 0 aliphatic heterocycles. The van der Waals surface area contributed by atoms with Crippen LogP contribution in [0.5, 0.6) is 0 Å². The van der Waals surface area contributed by atoms with Gasteiger partial charge in [0.05, 0.1) is 11.4 Å². The maximum Gasteiger partial charge on any atom is 0.299 e. The van der Waals surface area contributed by atoms with Gasteiger partial charge in [0.15, 0.2) is 5.69 Å². The maximum absolute atomic E-state index is 13.9. The summed E-state index contributed by atoms with van der Waals surface area (Å²) in [6.07, 6.45) is 0. The minimum atomic E-state index is -0.491. The third-order valence-corrected chi connectivity index (χ3v) is 3.14. The van der Waals surface area contributed by atoms with Gasteiger partial charge in [0, 0.05) is 5.56 Å². The second-order valence-corrected chi connectivity index (χ2v) is 4.40. The second-order valence-electron chi connectivity index (χ2n) is 4.40. The summed E-state index contributed by atoms with van der Waals surface area (Å²) >= 11 is 0. The van der Waals surface area contributed by atoms with Gasteiger partial charge in [-0.2, -0.15) is 5.11 Å². The van der Waals surface area contributed by atoms with Crippen molar-refractivity contribution < 1.29 is 4.39 Å². The number of aromatic amines is 1. The first-order valence-electron chi connectivity index (χ1n) is 6.25. The number of hydrogen-bond acceptors (Lipinski definition) is 3. The lowest BCUT2D eigenvalue weighted by atomic mass is 10.1. The second kappa shape index (κ2) is 5.16. The Kier molecular flexibility index (Phi) is 3.19. The molecule has 21 heavy (non-hydrogen) atoms. The topological polar surface area (TPSA) is 74.0 Å². The number of H-pyrrole nitrogens is 1. The van der Waals surface area contributed by atoms with E-state index in [1.807, 2.05) is 6.07 Å². The highest BCUT2D eigenvalue weighted by Gasteiger charge is 2.18. The molecule has 0 spiro atoms. The molecule has 0 aliphatic carbocycles. The average Bonchev–Trinajstić information content (AvgIpc) is 2.85. The zero-order valence-corrected chi connectivity index (χ0v) is 10.9. The molecule has 0 fully saturated rings. The molecule has 0 radical (unpaired) electrons. The van der Waals surface area contributed by atoms with Crippen molar-refractivity contribution in [3.8, 4) is 16.9 Å². The van der Waals surface area contributed by atoms with Crippen LogP contribution in [0.1, 0.15) is 0 Å². The zero-order valence-electron chi connectivity index (χ0n) is 10.9. The summed E-state index contributed by atoms with van der Waals surface area (Å²) in [7, 11) is 0. The first-order chi connectivity index (χ1) is 10.2. The lowest BCUT2D eigenvalue weighted by molar-refractivity contribution is 0.630. The summed E-state index contributed by atoms with van der Waals surface area (Å²) in [5.74, 6) is -0.483. The molecule has 0 bridgehead atoms. The van der Waals surface area contributed by atoms with Crippen LogP contribution < -0.4 is 5.56 Å². The molecule has 0 aliphatic rings. The van der Waals surface area contributed by atoms with E-state index in [1.165, 1.54) is 16.8 Å². The van der Waals surface area contributed by atoms with Gasteiger partial charge in [0.2, 0.25) is 0 Å². The Morgan fingerprint density at radius 2 is 1.71 bits per heavy atom. The number of aromatic nitrogens is 2. The van der Waals surface area contributed by atoms with E-state index in [2.05, 4.69) is 10.2 Å². The standard InChI is InChI=1S/C15H11FN4O/c16-12-9-5-4-8-11(12)13-14(18-17)15(21)20(19-13)10-6-2-1-3-7-10/h1-9,17,19H. The lowest BCUT2D eigenvalue weighted by Crippen LogP contribution is -2.13. The number of halogens is 1. The molecule has 2 N–H and O–H groups in total. The molecule has 104 valence electrons. The van der Waals surface area contributed by atoms with E-state index in [0.29, 0.717) is 5.69 Å². The van der Waals surface area contributed by atoms with Gasteiger partial charge < -0.3 is 0 Å². The van der Waals surface area contributed by atoms with Gasteiger partial charge in [-0.25, -0.2) is 14.6 Å². The fourth-order valence-corrected chi connectivity index (χ4v) is 2.14. The third-order valence-electron chi connectivity index (χ3n) is 3.14. The lowest BCUT2D eigenvalue weighted by Gasteiger charge is -2.02. The molecule has 6 heteroatoms. The Labute approximate surface area is 119 Å². The van der Waals surface area contributed by atoms with Crippen LogP contribution in [0.15, 0.2) is 64.5 Å². The molecule has 0 atom stereocenters. The highest BCUT2D eigenvalue weighted by molar-refractivity contribution is 5.72. The van der Waals surface area contributed by atoms with Crippen molar-refractivity contribution in [2.45, 2.75) is 0 Å². The largest absolute Gasteiger partial charge is 0.299 e. The van der Waals surface area contributed by atoms with Crippen LogP contribution in [0.25, 0.3) is 16.9 Å². The predicted octanol–water partition coefficient (Wildman–Crippen LogP) is 3.63. The van der Waals surface area contributed by atoms with Gasteiger partial charge in [-0.1, -0.05) is 30.3 Å². The molecule has 0 saturated heterocycles. The fourth-order valence-electron chi connectivity index (χ4n) is 2.14. The molecule has 3 rings (SSSR count). The highest BCUT2D eigenvalue weighted by Crippen LogP contribution is 2.28. The minimum absolute atomic E-state index is 0.121. The van der Waals surface area contributed by atoms with Crippen LogP contribution in [-0.4, -0.2) is 9.78 Å². The Morgan fingerprint density at radius 3 is 2.38 bits per heavy atom. The number of benzene rings is 2. The van der Waals surface area contributed by atoms with Crippen LogP contribution in [0.2, 0.25) is 0 Å². The number of rotatable bonds is 3. The van der Waals surface area contributed by atoms with Gasteiger partial charge in [0.25, 0.3) is 5.56 Å². The summed E-state index contributed by atoms with van der Waals surface area (Å²) in [6, 6.07) is 14.9. The number of para-hydroxylation sites is 1. The number of nitrogens with one attached hydrogen (secondary N) is 2. The van der Waals surface area contributed by atoms with Crippen molar-refractivity contribution in [2.24, 2.45) is 5.11 Å². The summed E-state index contributed by atoms with van der Waals surface area (Å²) in [5.41, 5.74) is 7.57. The molecule has 0 amide bonds. The van der Waals surface area contributed by atoms with E-state index in [1.54, 1.807) is 36.4 Å². The minimum Gasteiger partial charge on any atom is -0.288 e. The van der Waals surface area contributed by atoms with Gasteiger partial charge >= 0.3 is 0 Å². The zero-order chi connectivity index (χ0) is 14.8. The molecule has 1 heterocycles. The summed E-state index contributed by atoms with van der Waals surface area (Å²) in [4.78, 5) is 12.3. The molecule has 0 saturated carbocycles. The van der Waals surface area contributed by atoms with Crippen LogP contribution in [0.3, 0.4) is 0 Å². The van der Waals surface area contributed by atoms with Crippen molar-refractivity contribution in [3.05, 3.63) is 70.8 Å². The van der Waals surface area contributed by atoms with E-state index < -0.39 is 11.4 Å². The molecule has 1 aromatic heterocycles. The first-order valence-corrected chi connectivity index (χ1v) is 6.25. The molecule has 3 aromatic rings. The number of hydrogen-bond donors (Lipinski definition) is 2. The molecule has 0 unspecified atom stereocenters. The van der Waals surface area contributed by atoms with Gasteiger partial charge in [-0.05, 0) is 24.3 Å². The Morgan fingerprint density at radius 1 is 1.05 bits per heavy atom. The Hall–Kier alpha value is -3.02. The van der Waals surface area contributed by atoms with Crippen molar-refractivity contribution in [3.63, 3.8) is 0 Å². The molecule has 2 aromatic carbocycles. The highest BCUT2D eigenvalue weighted by atomic mass is 19.1. The fraction of sp³-hybridized carbons (Fsp3) is 0. The third kappa shape index (κ3) is 2.16. The van der Waals surface area contributed by atoms with Crippen molar-refractivity contribution in [1.29, 1.82) is 5.53 Å². The summed E-state index contributed by atoms with van der Waals surface area (Å²) < 4.78 is 15.1. The van der Waals surface area contributed by atoms with E-state index >= 15 is 0 Å². The van der Waals surface area contributed by atoms with Crippen LogP contribution in [0.4, 0.5) is 10.1 Å². The van der Waals surface area contributed by atoms with Gasteiger partial charge in [-0.15, -0.1) is 0 Å². The summed E-state index contributed by atoms with van der Waals surface area (Å²) in [5, 5.41) is 6.08. The Balaban J connectivity index is 2.27. The molecular weight excluding hydrogens is 271 g/mol. The number of nitrogens with zero attached hydrogens (tertiary/aromatic N) is 2. The van der Waals surface area contributed by atoms with Crippen LogP contribution in [0, 0.1) is 11.3 Å². The van der Waals surface area contributed by atoms with E-state index in [-0.39, 0.29) is 16.9 Å². The summed E-state index contributed by atoms with van der Waals surface area (Å²) in [6.45, 7) is 0. The van der Waals surface area contributed by atoms with E-state index in [4.69, 9.17) is 5.53 Å². The van der Waals surface area contributed by atoms with E-state index in [0.717, 1.165) is 0 Å². The molecular formula is C15H11FN4O. The SMILES string of the molecule is N=Nc1c(-c2ccccc2F)[nH]n(-c2ccccc2)c1=O. The first kappa shape index (κ1) is 13.0.